The first kappa shape index (κ1) is 9.86. The van der Waals surface area contributed by atoms with Crippen molar-refractivity contribution >= 4 is 17.7 Å². The van der Waals surface area contributed by atoms with Gasteiger partial charge in [-0.3, -0.25) is 4.79 Å². The zero-order chi connectivity index (χ0) is 8.97. The van der Waals surface area contributed by atoms with Crippen molar-refractivity contribution in [1.82, 2.24) is 4.90 Å². The predicted molar refractivity (Wildman–Crippen MR) is 52.2 cm³/mol. The van der Waals surface area contributed by atoms with Gasteiger partial charge in [-0.05, 0) is 6.42 Å². The van der Waals surface area contributed by atoms with E-state index in [9.17, 15) is 4.79 Å². The van der Waals surface area contributed by atoms with Gasteiger partial charge in [-0.25, -0.2) is 0 Å². The molecule has 4 heteroatoms. The summed E-state index contributed by atoms with van der Waals surface area (Å²) in [6.45, 7) is 3.69. The second-order valence-electron chi connectivity index (χ2n) is 2.95. The van der Waals surface area contributed by atoms with Crippen molar-refractivity contribution < 1.29 is 4.79 Å². The van der Waals surface area contributed by atoms with E-state index in [0.29, 0.717) is 0 Å². The Balaban J connectivity index is 2.39. The molecule has 0 bridgehead atoms. The van der Waals surface area contributed by atoms with E-state index >= 15 is 0 Å². The lowest BCUT2D eigenvalue weighted by atomic mass is 10.2. The molecule has 3 nitrogen and oxygen atoms in total. The first-order valence-electron chi connectivity index (χ1n) is 4.37. The van der Waals surface area contributed by atoms with Crippen LogP contribution in [0.2, 0.25) is 0 Å². The van der Waals surface area contributed by atoms with Crippen molar-refractivity contribution in [2.24, 2.45) is 5.73 Å². The molecule has 1 heterocycles. The van der Waals surface area contributed by atoms with E-state index in [1.165, 1.54) is 0 Å². The molecule has 2 N–H and O–H groups in total. The number of carbonyl (C=O) groups excluding carboxylic acids is 1. The van der Waals surface area contributed by atoms with Gasteiger partial charge in [0.1, 0.15) is 0 Å². The van der Waals surface area contributed by atoms with Gasteiger partial charge in [0.05, 0.1) is 6.04 Å². The van der Waals surface area contributed by atoms with Crippen molar-refractivity contribution in [3.05, 3.63) is 0 Å². The Hall–Kier alpha value is -0.220. The third-order valence-electron chi connectivity index (χ3n) is 2.08. The molecule has 0 radical (unpaired) electrons. The highest BCUT2D eigenvalue weighted by molar-refractivity contribution is 7.99. The van der Waals surface area contributed by atoms with E-state index < -0.39 is 0 Å². The van der Waals surface area contributed by atoms with Crippen LogP contribution in [0.4, 0.5) is 0 Å². The first-order chi connectivity index (χ1) is 5.75. The maximum absolute atomic E-state index is 11.5. The topological polar surface area (TPSA) is 46.3 Å². The molecule has 0 spiro atoms. The molecule has 1 amide bonds. The van der Waals surface area contributed by atoms with Crippen molar-refractivity contribution in [3.8, 4) is 0 Å². The third kappa shape index (κ3) is 2.38. The van der Waals surface area contributed by atoms with Crippen LogP contribution in [0.25, 0.3) is 0 Å². The van der Waals surface area contributed by atoms with Crippen LogP contribution in [-0.2, 0) is 4.79 Å². The van der Waals surface area contributed by atoms with Gasteiger partial charge in [-0.1, -0.05) is 6.92 Å². The molecule has 70 valence electrons. The summed E-state index contributed by atoms with van der Waals surface area (Å²) < 4.78 is 0. The van der Waals surface area contributed by atoms with E-state index in [0.717, 1.165) is 31.0 Å². The average Bonchev–Trinajstić information content (AvgIpc) is 2.17. The number of thioether (sulfide) groups is 1. The Kier molecular flexibility index (Phi) is 3.88. The molecule has 1 aliphatic rings. The van der Waals surface area contributed by atoms with Gasteiger partial charge >= 0.3 is 0 Å². The van der Waals surface area contributed by atoms with Crippen molar-refractivity contribution in [2.75, 3.05) is 24.6 Å². The van der Waals surface area contributed by atoms with Crippen LogP contribution in [-0.4, -0.2) is 41.4 Å². The number of nitrogens with two attached hydrogens (primary N) is 1. The first-order valence-corrected chi connectivity index (χ1v) is 5.53. The van der Waals surface area contributed by atoms with E-state index in [4.69, 9.17) is 5.73 Å². The zero-order valence-corrected chi connectivity index (χ0v) is 8.27. The zero-order valence-electron chi connectivity index (χ0n) is 7.45. The highest BCUT2D eigenvalue weighted by Gasteiger charge is 2.20. The smallest absolute Gasteiger partial charge is 0.239 e. The lowest BCUT2D eigenvalue weighted by Gasteiger charge is -2.28. The number of carbonyl (C=O) groups is 1. The fourth-order valence-corrected chi connectivity index (χ4v) is 2.10. The standard InChI is InChI=1S/C8H16N2OS/c1-2-7(9)8(11)10-3-5-12-6-4-10/h7H,2-6,9H2,1H3/t7-/m1/s1. The minimum atomic E-state index is -0.284. The average molecular weight is 188 g/mol. The normalized spacial score (nSPS) is 20.7. The predicted octanol–water partition coefficient (Wildman–Crippen LogP) is 0.299. The second-order valence-corrected chi connectivity index (χ2v) is 4.18. The molecule has 1 aliphatic heterocycles. The van der Waals surface area contributed by atoms with Gasteiger partial charge in [-0.2, -0.15) is 11.8 Å². The van der Waals surface area contributed by atoms with E-state index in [-0.39, 0.29) is 11.9 Å². The molecule has 0 unspecified atom stereocenters. The molecule has 0 aromatic carbocycles. The molecule has 1 atom stereocenters. The summed E-state index contributed by atoms with van der Waals surface area (Å²) in [4.78, 5) is 13.4. The van der Waals surface area contributed by atoms with Crippen LogP contribution in [0.1, 0.15) is 13.3 Å². The summed E-state index contributed by atoms with van der Waals surface area (Å²) >= 11 is 1.90. The van der Waals surface area contributed by atoms with Crippen molar-refractivity contribution in [1.29, 1.82) is 0 Å². The number of rotatable bonds is 2. The van der Waals surface area contributed by atoms with Crippen molar-refractivity contribution in [2.45, 2.75) is 19.4 Å². The summed E-state index contributed by atoms with van der Waals surface area (Å²) in [7, 11) is 0. The Labute approximate surface area is 77.7 Å². The van der Waals surface area contributed by atoms with E-state index in [1.54, 1.807) is 0 Å². The van der Waals surface area contributed by atoms with Crippen LogP contribution in [0.3, 0.4) is 0 Å². The van der Waals surface area contributed by atoms with Gasteiger partial charge in [-0.15, -0.1) is 0 Å². The summed E-state index contributed by atoms with van der Waals surface area (Å²) in [6, 6.07) is -0.284. The highest BCUT2D eigenvalue weighted by Crippen LogP contribution is 2.10. The minimum absolute atomic E-state index is 0.123. The largest absolute Gasteiger partial charge is 0.340 e. The number of amides is 1. The molecule has 0 aromatic heterocycles. The molecule has 1 saturated heterocycles. The maximum Gasteiger partial charge on any atom is 0.239 e. The summed E-state index contributed by atoms with van der Waals surface area (Å²) in [5.74, 6) is 2.24. The Morgan fingerprint density at radius 1 is 1.58 bits per heavy atom. The van der Waals surface area contributed by atoms with E-state index in [2.05, 4.69) is 0 Å². The van der Waals surface area contributed by atoms with Gasteiger partial charge in [0, 0.05) is 24.6 Å². The SMILES string of the molecule is CC[C@@H](N)C(=O)N1CCSCC1. The summed E-state index contributed by atoms with van der Waals surface area (Å²) in [5, 5.41) is 0. The van der Waals surface area contributed by atoms with Crippen LogP contribution in [0, 0.1) is 0 Å². The monoisotopic (exact) mass is 188 g/mol. The fraction of sp³-hybridized carbons (Fsp3) is 0.875. The van der Waals surface area contributed by atoms with Crippen LogP contribution in [0.5, 0.6) is 0 Å². The second kappa shape index (κ2) is 4.72. The summed E-state index contributed by atoms with van der Waals surface area (Å²) in [5.41, 5.74) is 5.65. The lowest BCUT2D eigenvalue weighted by molar-refractivity contribution is -0.132. The van der Waals surface area contributed by atoms with Gasteiger partial charge in [0.25, 0.3) is 0 Å². The molecule has 12 heavy (non-hydrogen) atoms. The van der Waals surface area contributed by atoms with Crippen LogP contribution in [0.15, 0.2) is 0 Å². The molecule has 0 aliphatic carbocycles. The molecule has 0 aromatic rings. The number of hydrogen-bond acceptors (Lipinski definition) is 3. The Morgan fingerprint density at radius 3 is 2.67 bits per heavy atom. The third-order valence-corrected chi connectivity index (χ3v) is 3.02. The molecule has 1 rings (SSSR count). The van der Waals surface area contributed by atoms with Crippen LogP contribution >= 0.6 is 11.8 Å². The molecular formula is C8H16N2OS. The maximum atomic E-state index is 11.5. The van der Waals surface area contributed by atoms with Crippen LogP contribution < -0.4 is 5.73 Å². The Morgan fingerprint density at radius 2 is 2.17 bits per heavy atom. The highest BCUT2D eigenvalue weighted by atomic mass is 32.2. The fourth-order valence-electron chi connectivity index (χ4n) is 1.19. The molecule has 1 fully saturated rings. The summed E-state index contributed by atoms with van der Waals surface area (Å²) in [6.07, 6.45) is 0.739. The minimum Gasteiger partial charge on any atom is -0.340 e. The van der Waals surface area contributed by atoms with Gasteiger partial charge in [0.2, 0.25) is 5.91 Å². The quantitative estimate of drug-likeness (QED) is 0.678. The lowest BCUT2D eigenvalue weighted by Crippen LogP contribution is -2.46. The van der Waals surface area contributed by atoms with Gasteiger partial charge in [0.15, 0.2) is 0 Å². The number of hydrogen-bond donors (Lipinski definition) is 1. The van der Waals surface area contributed by atoms with Gasteiger partial charge < -0.3 is 10.6 Å². The molecule has 0 saturated carbocycles. The number of nitrogens with zero attached hydrogens (tertiary/aromatic N) is 1. The van der Waals surface area contributed by atoms with E-state index in [1.807, 2.05) is 23.6 Å². The van der Waals surface area contributed by atoms with Crippen molar-refractivity contribution in [3.63, 3.8) is 0 Å². The Bertz CT molecular complexity index is 157. The molecular weight excluding hydrogens is 172 g/mol.